The molecule has 0 amide bonds. The van der Waals surface area contributed by atoms with Gasteiger partial charge in [0.25, 0.3) is 11.3 Å². The van der Waals surface area contributed by atoms with E-state index >= 15 is 0 Å². The van der Waals surface area contributed by atoms with E-state index in [2.05, 4.69) is 4.72 Å². The Morgan fingerprint density at radius 2 is 2.20 bits per heavy atom. The standard InChI is InChI=1S/C13H12ClNO4S/c14-12-6-9(3-4-11-2-1-5-19-11)10(8-16)7-13(12)15-20(17)18/h1-2,5-8,15H,3-4H2,(H,17,18). The van der Waals surface area contributed by atoms with Crippen LogP contribution in [0.4, 0.5) is 5.69 Å². The molecule has 7 heteroatoms. The molecule has 0 saturated heterocycles. The van der Waals surface area contributed by atoms with Crippen molar-refractivity contribution in [3.8, 4) is 0 Å². The molecule has 2 aromatic rings. The molecule has 1 aromatic carbocycles. The van der Waals surface area contributed by atoms with Crippen molar-refractivity contribution in [1.29, 1.82) is 0 Å². The fraction of sp³-hybridized carbons (Fsp3) is 0.154. The average Bonchev–Trinajstić information content (AvgIpc) is 2.91. The van der Waals surface area contributed by atoms with Gasteiger partial charge < -0.3 is 4.42 Å². The van der Waals surface area contributed by atoms with Crippen LogP contribution < -0.4 is 4.72 Å². The normalized spacial score (nSPS) is 12.1. The molecule has 0 aliphatic heterocycles. The van der Waals surface area contributed by atoms with Crippen LogP contribution in [0.15, 0.2) is 34.9 Å². The van der Waals surface area contributed by atoms with Gasteiger partial charge in [0.1, 0.15) is 12.0 Å². The number of aldehydes is 1. The number of aryl methyl sites for hydroxylation is 2. The third kappa shape index (κ3) is 3.69. The molecule has 1 aromatic heterocycles. The maximum absolute atomic E-state index is 11.1. The van der Waals surface area contributed by atoms with Crippen LogP contribution >= 0.6 is 11.6 Å². The third-order valence-electron chi connectivity index (χ3n) is 2.77. The van der Waals surface area contributed by atoms with Crippen molar-refractivity contribution in [2.75, 3.05) is 4.72 Å². The lowest BCUT2D eigenvalue weighted by Gasteiger charge is -2.09. The Bertz CT molecular complexity index is 628. The summed E-state index contributed by atoms with van der Waals surface area (Å²) in [4.78, 5) is 11.1. The average molecular weight is 314 g/mol. The van der Waals surface area contributed by atoms with Crippen LogP contribution in [-0.4, -0.2) is 15.0 Å². The zero-order valence-electron chi connectivity index (χ0n) is 10.3. The lowest BCUT2D eigenvalue weighted by molar-refractivity contribution is 0.112. The molecule has 1 atom stereocenters. The number of hydrogen-bond donors (Lipinski definition) is 2. The molecule has 5 nitrogen and oxygen atoms in total. The van der Waals surface area contributed by atoms with Gasteiger partial charge in [0.05, 0.1) is 17.0 Å². The van der Waals surface area contributed by atoms with E-state index in [0.717, 1.165) is 11.3 Å². The van der Waals surface area contributed by atoms with Crippen LogP contribution in [0.3, 0.4) is 0 Å². The molecular weight excluding hydrogens is 302 g/mol. The Hall–Kier alpha value is -1.63. The van der Waals surface area contributed by atoms with Crippen molar-refractivity contribution in [2.24, 2.45) is 0 Å². The summed E-state index contributed by atoms with van der Waals surface area (Å²) in [6, 6.07) is 6.73. The molecule has 0 radical (unpaired) electrons. The van der Waals surface area contributed by atoms with Gasteiger partial charge in [-0.1, -0.05) is 11.6 Å². The smallest absolute Gasteiger partial charge is 0.259 e. The van der Waals surface area contributed by atoms with E-state index in [-0.39, 0.29) is 10.7 Å². The molecule has 0 aliphatic carbocycles. The first kappa shape index (κ1) is 14.8. The molecule has 1 heterocycles. The second kappa shape index (κ2) is 6.69. The van der Waals surface area contributed by atoms with E-state index in [1.165, 1.54) is 6.07 Å². The zero-order valence-corrected chi connectivity index (χ0v) is 11.9. The number of carbonyl (C=O) groups excluding carboxylic acids is 1. The van der Waals surface area contributed by atoms with Gasteiger partial charge in [0, 0.05) is 12.0 Å². The minimum absolute atomic E-state index is 0.247. The van der Waals surface area contributed by atoms with Crippen molar-refractivity contribution in [3.05, 3.63) is 52.4 Å². The van der Waals surface area contributed by atoms with Gasteiger partial charge in [-0.25, -0.2) is 4.21 Å². The lowest BCUT2D eigenvalue weighted by Crippen LogP contribution is -2.05. The maximum Gasteiger partial charge on any atom is 0.259 e. The van der Waals surface area contributed by atoms with Gasteiger partial charge in [-0.2, -0.15) is 0 Å². The van der Waals surface area contributed by atoms with Gasteiger partial charge in [-0.15, -0.1) is 0 Å². The molecule has 20 heavy (non-hydrogen) atoms. The van der Waals surface area contributed by atoms with Crippen molar-refractivity contribution >= 4 is 34.8 Å². The highest BCUT2D eigenvalue weighted by molar-refractivity contribution is 7.80. The van der Waals surface area contributed by atoms with E-state index in [0.29, 0.717) is 24.7 Å². The Morgan fingerprint density at radius 1 is 1.40 bits per heavy atom. The van der Waals surface area contributed by atoms with Crippen LogP contribution in [-0.2, 0) is 24.1 Å². The first-order chi connectivity index (χ1) is 9.60. The molecule has 0 spiro atoms. The van der Waals surface area contributed by atoms with Gasteiger partial charge in [0.15, 0.2) is 0 Å². The summed E-state index contributed by atoms with van der Waals surface area (Å²) in [6.45, 7) is 0. The van der Waals surface area contributed by atoms with Crippen LogP contribution in [0.25, 0.3) is 0 Å². The predicted molar refractivity (Wildman–Crippen MR) is 77.3 cm³/mol. The fourth-order valence-electron chi connectivity index (χ4n) is 1.84. The first-order valence-corrected chi connectivity index (χ1v) is 7.26. The van der Waals surface area contributed by atoms with E-state index in [1.54, 1.807) is 18.4 Å². The number of carbonyl (C=O) groups is 1. The minimum Gasteiger partial charge on any atom is -0.469 e. The maximum atomic E-state index is 11.1. The Balaban J connectivity index is 2.21. The summed E-state index contributed by atoms with van der Waals surface area (Å²) in [5.74, 6) is 0.816. The largest absolute Gasteiger partial charge is 0.469 e. The number of benzene rings is 1. The number of hydrogen-bond acceptors (Lipinski definition) is 3. The summed E-state index contributed by atoms with van der Waals surface area (Å²) < 4.78 is 27.0. The minimum atomic E-state index is -2.24. The number of nitrogens with one attached hydrogen (secondary N) is 1. The quantitative estimate of drug-likeness (QED) is 0.634. The monoisotopic (exact) mass is 313 g/mol. The molecule has 0 aliphatic rings. The number of halogens is 1. The molecule has 0 fully saturated rings. The fourth-order valence-corrected chi connectivity index (χ4v) is 2.49. The van der Waals surface area contributed by atoms with E-state index in [1.807, 2.05) is 6.07 Å². The number of rotatable bonds is 6. The Morgan fingerprint density at radius 3 is 2.80 bits per heavy atom. The van der Waals surface area contributed by atoms with Crippen LogP contribution in [0.1, 0.15) is 21.7 Å². The van der Waals surface area contributed by atoms with Crippen LogP contribution in [0, 0.1) is 0 Å². The van der Waals surface area contributed by atoms with Crippen molar-refractivity contribution in [2.45, 2.75) is 12.8 Å². The number of anilines is 1. The highest BCUT2D eigenvalue weighted by atomic mass is 35.5. The van der Waals surface area contributed by atoms with Crippen LogP contribution in [0.5, 0.6) is 0 Å². The third-order valence-corrected chi connectivity index (χ3v) is 3.48. The summed E-state index contributed by atoms with van der Waals surface area (Å²) in [6.07, 6.45) is 3.51. The summed E-state index contributed by atoms with van der Waals surface area (Å²) in [7, 11) is 0. The van der Waals surface area contributed by atoms with E-state index < -0.39 is 11.3 Å². The van der Waals surface area contributed by atoms with Crippen molar-refractivity contribution in [3.63, 3.8) is 0 Å². The van der Waals surface area contributed by atoms with Gasteiger partial charge >= 0.3 is 0 Å². The zero-order chi connectivity index (χ0) is 14.5. The SMILES string of the molecule is O=Cc1cc(NS(=O)O)c(Cl)cc1CCc1ccco1. The van der Waals surface area contributed by atoms with E-state index in [9.17, 15) is 9.00 Å². The highest BCUT2D eigenvalue weighted by Gasteiger charge is 2.10. The molecule has 0 bridgehead atoms. The topological polar surface area (TPSA) is 79.5 Å². The summed E-state index contributed by atoms with van der Waals surface area (Å²) in [5.41, 5.74) is 1.43. The first-order valence-electron chi connectivity index (χ1n) is 5.77. The lowest BCUT2D eigenvalue weighted by atomic mass is 10.0. The second-order valence-electron chi connectivity index (χ2n) is 4.08. The van der Waals surface area contributed by atoms with E-state index in [4.69, 9.17) is 20.6 Å². The highest BCUT2D eigenvalue weighted by Crippen LogP contribution is 2.27. The van der Waals surface area contributed by atoms with Gasteiger partial charge in [0.2, 0.25) is 0 Å². The summed E-state index contributed by atoms with van der Waals surface area (Å²) >= 11 is 3.78. The number of furan rings is 1. The van der Waals surface area contributed by atoms with Crippen molar-refractivity contribution < 1.29 is 18.0 Å². The molecule has 2 N–H and O–H groups in total. The van der Waals surface area contributed by atoms with Crippen LogP contribution in [0.2, 0.25) is 5.02 Å². The summed E-state index contributed by atoms with van der Waals surface area (Å²) in [5, 5.41) is 0.285. The predicted octanol–water partition coefficient (Wildman–Crippen LogP) is 3.08. The van der Waals surface area contributed by atoms with Gasteiger partial charge in [-0.3, -0.25) is 14.1 Å². The van der Waals surface area contributed by atoms with Gasteiger partial charge in [-0.05, 0) is 36.2 Å². The Labute approximate surface area is 123 Å². The molecular formula is C13H12ClNO4S. The second-order valence-corrected chi connectivity index (χ2v) is 5.19. The Kier molecular flexibility index (Phi) is 4.94. The molecule has 2 rings (SSSR count). The molecule has 106 valence electrons. The molecule has 0 saturated carbocycles. The molecule has 1 unspecified atom stereocenters. The van der Waals surface area contributed by atoms with Crippen molar-refractivity contribution in [1.82, 2.24) is 0 Å².